The Bertz CT molecular complexity index is 535. The Morgan fingerprint density at radius 3 is 2.54 bits per heavy atom. The first-order valence-electron chi connectivity index (χ1n) is 7.09. The fourth-order valence-electron chi connectivity index (χ4n) is 1.85. The third-order valence-electron chi connectivity index (χ3n) is 3.05. The van der Waals surface area contributed by atoms with Gasteiger partial charge in [-0.1, -0.05) is 13.8 Å². The largest absolute Gasteiger partial charge is 0.470 e. The molecule has 0 aliphatic carbocycles. The van der Waals surface area contributed by atoms with E-state index in [9.17, 15) is 18.9 Å². The number of phosphoric acid groups is 1. The summed E-state index contributed by atoms with van der Waals surface area (Å²) >= 11 is 0.850. The van der Waals surface area contributed by atoms with E-state index in [4.69, 9.17) is 14.5 Å². The summed E-state index contributed by atoms with van der Waals surface area (Å²) in [5.74, 6) is -0.815. The number of carbonyl (C=O) groups is 3. The maximum Gasteiger partial charge on any atom is 0.470 e. The number of nitrogens with one attached hydrogen (secondary N) is 2. The van der Waals surface area contributed by atoms with E-state index in [0.29, 0.717) is 5.75 Å². The summed E-state index contributed by atoms with van der Waals surface area (Å²) in [6.45, 7) is 2.94. The highest BCUT2D eigenvalue weighted by Crippen LogP contribution is 2.42. The molecule has 2 amide bonds. The van der Waals surface area contributed by atoms with E-state index in [-0.39, 0.29) is 32.0 Å². The van der Waals surface area contributed by atoms with Crippen LogP contribution in [0.25, 0.3) is 0 Å². The number of hydrogen-bond acceptors (Lipinski definition) is 7. The van der Waals surface area contributed by atoms with Crippen molar-refractivity contribution in [3.63, 3.8) is 0 Å². The van der Waals surface area contributed by atoms with Crippen LogP contribution in [-0.2, 0) is 23.4 Å². The molecule has 4 N–H and O–H groups in total. The maximum absolute atomic E-state index is 12.2. The Labute approximate surface area is 143 Å². The van der Waals surface area contributed by atoms with E-state index >= 15 is 0 Å². The Kier molecular flexibility index (Phi) is 7.68. The number of carbonyl (C=O) groups excluding carboxylic acids is 3. The Morgan fingerprint density at radius 2 is 1.92 bits per heavy atom. The van der Waals surface area contributed by atoms with Crippen molar-refractivity contribution in [1.29, 1.82) is 0 Å². The second-order valence-electron chi connectivity index (χ2n) is 5.74. The van der Waals surface area contributed by atoms with Crippen molar-refractivity contribution < 1.29 is 38.0 Å². The molecule has 1 aliphatic rings. The lowest BCUT2D eigenvalue weighted by atomic mass is 9.87. The molecule has 0 aromatic rings. The van der Waals surface area contributed by atoms with Crippen molar-refractivity contribution in [3.05, 3.63) is 0 Å². The lowest BCUT2D eigenvalue weighted by Crippen LogP contribution is -2.48. The molecule has 0 aromatic heterocycles. The van der Waals surface area contributed by atoms with Gasteiger partial charge in [-0.05, 0) is 11.8 Å². The second kappa shape index (κ2) is 8.82. The minimum absolute atomic E-state index is 0.0100. The molecule has 0 aromatic carbocycles. The summed E-state index contributed by atoms with van der Waals surface area (Å²) in [4.78, 5) is 53.4. The molecule has 1 atom stereocenters. The molecule has 1 fully saturated rings. The van der Waals surface area contributed by atoms with Gasteiger partial charge in [-0.15, -0.1) is 0 Å². The molecule has 12 heteroatoms. The molecule has 24 heavy (non-hydrogen) atoms. The summed E-state index contributed by atoms with van der Waals surface area (Å²) in [6, 6.07) is 0. The Hall–Kier alpha value is -1.13. The highest BCUT2D eigenvalue weighted by Gasteiger charge is 2.41. The first kappa shape index (κ1) is 20.9. The summed E-state index contributed by atoms with van der Waals surface area (Å²) in [5.41, 5.74) is -1.20. The molecule has 1 saturated heterocycles. The van der Waals surface area contributed by atoms with Gasteiger partial charge in [0.1, 0.15) is 6.61 Å². The topological polar surface area (TPSA) is 151 Å². The van der Waals surface area contributed by atoms with Gasteiger partial charge in [-0.2, -0.15) is 0 Å². The van der Waals surface area contributed by atoms with Crippen LogP contribution in [0.5, 0.6) is 0 Å². The smallest absolute Gasteiger partial charge is 0.457 e. The maximum atomic E-state index is 12.2. The van der Waals surface area contributed by atoms with Gasteiger partial charge >= 0.3 is 13.1 Å². The minimum Gasteiger partial charge on any atom is -0.457 e. The normalized spacial score (nSPS) is 24.3. The zero-order valence-corrected chi connectivity index (χ0v) is 15.0. The fourth-order valence-corrected chi connectivity index (χ4v) is 3.02. The van der Waals surface area contributed by atoms with Crippen LogP contribution >= 0.6 is 19.6 Å². The van der Waals surface area contributed by atoms with E-state index < -0.39 is 30.6 Å². The van der Waals surface area contributed by atoms with E-state index in [1.807, 2.05) is 0 Å². The van der Waals surface area contributed by atoms with Crippen LogP contribution in [0.2, 0.25) is 0 Å². The molecular weight excluding hydrogens is 363 g/mol. The average molecular weight is 384 g/mol. The molecule has 0 bridgehead atoms. The molecule has 1 aliphatic heterocycles. The molecule has 0 saturated carbocycles. The molecule has 0 spiro atoms. The Morgan fingerprint density at radius 1 is 1.25 bits per heavy atom. The third kappa shape index (κ3) is 7.63. The van der Waals surface area contributed by atoms with Crippen LogP contribution in [0.4, 0.5) is 4.79 Å². The van der Waals surface area contributed by atoms with Crippen LogP contribution < -0.4 is 10.6 Å². The van der Waals surface area contributed by atoms with Gasteiger partial charge < -0.3 is 25.2 Å². The van der Waals surface area contributed by atoms with Crippen molar-refractivity contribution in [2.24, 2.45) is 5.41 Å². The van der Waals surface area contributed by atoms with E-state index in [0.717, 1.165) is 11.8 Å². The lowest BCUT2D eigenvalue weighted by molar-refractivity contribution is -0.136. The van der Waals surface area contributed by atoms with E-state index in [1.165, 1.54) is 13.8 Å². The number of phosphoric ester groups is 1. The molecule has 138 valence electrons. The molecule has 1 rings (SSSR count). The highest BCUT2D eigenvalue weighted by molar-refractivity contribution is 8.13. The fraction of sp³-hybridized carbons (Fsp3) is 0.750. The zero-order chi connectivity index (χ0) is 18.4. The van der Waals surface area contributed by atoms with Crippen molar-refractivity contribution in [3.8, 4) is 0 Å². The van der Waals surface area contributed by atoms with Crippen molar-refractivity contribution in [1.82, 2.24) is 10.6 Å². The van der Waals surface area contributed by atoms with Gasteiger partial charge in [0.2, 0.25) is 5.91 Å². The van der Waals surface area contributed by atoms with Crippen LogP contribution in [0.1, 0.15) is 20.3 Å². The summed E-state index contributed by atoms with van der Waals surface area (Å²) in [5, 5.41) is 4.33. The summed E-state index contributed by atoms with van der Waals surface area (Å²) < 4.78 is 20.7. The predicted molar refractivity (Wildman–Crippen MR) is 85.1 cm³/mol. The number of rotatable bonds is 2. The third-order valence-corrected chi connectivity index (χ3v) is 4.30. The van der Waals surface area contributed by atoms with Gasteiger partial charge in [0.15, 0.2) is 6.10 Å². The van der Waals surface area contributed by atoms with Gasteiger partial charge in [-0.3, -0.25) is 14.1 Å². The number of ether oxygens (including phenoxy) is 1. The lowest BCUT2D eigenvalue weighted by Gasteiger charge is -2.32. The molecule has 0 radical (unpaired) electrons. The number of cyclic esters (lactones) is 1. The van der Waals surface area contributed by atoms with Crippen molar-refractivity contribution >= 4 is 36.7 Å². The average Bonchev–Trinajstić information content (AvgIpc) is 2.45. The van der Waals surface area contributed by atoms with Crippen molar-refractivity contribution in [2.45, 2.75) is 26.4 Å². The highest BCUT2D eigenvalue weighted by atomic mass is 32.2. The molecule has 0 unspecified atom stereocenters. The summed E-state index contributed by atoms with van der Waals surface area (Å²) in [7, 11) is -4.96. The molecule has 1 heterocycles. The monoisotopic (exact) mass is 384 g/mol. The molecule has 10 nitrogen and oxygen atoms in total. The van der Waals surface area contributed by atoms with E-state index in [1.54, 1.807) is 0 Å². The zero-order valence-electron chi connectivity index (χ0n) is 13.3. The van der Waals surface area contributed by atoms with Crippen LogP contribution in [-0.4, -0.2) is 58.5 Å². The molecular formula is C12H21N2O8PS. The Balaban J connectivity index is 2.93. The second-order valence-corrected chi connectivity index (χ2v) is 7.96. The van der Waals surface area contributed by atoms with Crippen LogP contribution in [0.3, 0.4) is 0 Å². The SMILES string of the molecule is CC1(C)COC(=O)SCCNC(=O)CCNC(=O)[C@@H]1OP(=O)(O)O. The van der Waals surface area contributed by atoms with Gasteiger partial charge in [0.05, 0.1) is 0 Å². The van der Waals surface area contributed by atoms with Gasteiger partial charge in [0, 0.05) is 30.7 Å². The minimum atomic E-state index is -4.96. The number of hydrogen-bond donors (Lipinski definition) is 4. The number of amides is 2. The standard InChI is InChI=1S/C12H21N2O8PS/c1-12(2)7-21-11(17)24-6-5-13-8(15)3-4-14-10(16)9(12)22-23(18,19)20/h9H,3-7H2,1-2H3,(H,13,15)(H,14,16)(H2,18,19,20)/t9-/m0/s1. The predicted octanol–water partition coefficient (Wildman–Crippen LogP) is -0.00360. The quantitative estimate of drug-likeness (QED) is 0.381. The number of thioether (sulfide) groups is 1. The van der Waals surface area contributed by atoms with E-state index in [2.05, 4.69) is 15.2 Å². The first-order chi connectivity index (χ1) is 11.0. The van der Waals surface area contributed by atoms with Crippen LogP contribution in [0, 0.1) is 5.41 Å². The first-order valence-corrected chi connectivity index (χ1v) is 9.61. The summed E-state index contributed by atoms with van der Waals surface area (Å²) in [6.07, 6.45) is -1.58. The van der Waals surface area contributed by atoms with Gasteiger partial charge in [-0.25, -0.2) is 9.36 Å². The van der Waals surface area contributed by atoms with Crippen molar-refractivity contribution in [2.75, 3.05) is 25.4 Å². The van der Waals surface area contributed by atoms with Gasteiger partial charge in [0.25, 0.3) is 5.91 Å². The van der Waals surface area contributed by atoms with Crippen LogP contribution in [0.15, 0.2) is 0 Å².